The summed E-state index contributed by atoms with van der Waals surface area (Å²) < 4.78 is 5.47. The van der Waals surface area contributed by atoms with E-state index in [9.17, 15) is 0 Å². The van der Waals surface area contributed by atoms with E-state index in [0.29, 0.717) is 29.4 Å². The summed E-state index contributed by atoms with van der Waals surface area (Å²) in [7, 11) is 0. The number of thiazole rings is 1. The summed E-state index contributed by atoms with van der Waals surface area (Å²) in [5.74, 6) is 1.72. The fourth-order valence-corrected chi connectivity index (χ4v) is 6.23. The van der Waals surface area contributed by atoms with Crippen LogP contribution in [0.4, 0.5) is 11.8 Å². The zero-order chi connectivity index (χ0) is 23.6. The van der Waals surface area contributed by atoms with Crippen LogP contribution in [0.5, 0.6) is 0 Å². The quantitative estimate of drug-likeness (QED) is 0.410. The molecule has 6 rings (SSSR count). The van der Waals surface area contributed by atoms with Gasteiger partial charge in [-0.05, 0) is 49.9 Å². The van der Waals surface area contributed by atoms with E-state index in [4.69, 9.17) is 15.1 Å². The predicted molar refractivity (Wildman–Crippen MR) is 140 cm³/mol. The van der Waals surface area contributed by atoms with Crippen LogP contribution in [-0.4, -0.2) is 63.0 Å². The zero-order valence-corrected chi connectivity index (χ0v) is 20.6. The maximum absolute atomic E-state index is 6.23. The van der Waals surface area contributed by atoms with E-state index in [2.05, 4.69) is 55.4 Å². The zero-order valence-electron chi connectivity index (χ0n) is 19.8. The molecule has 3 N–H and O–H groups in total. The minimum absolute atomic E-state index is 0.351. The molecule has 2 aliphatic rings. The molecular formula is C26H31N7OS. The number of nitrogens with one attached hydrogen (secondary N) is 1. The third kappa shape index (κ3) is 5.03. The maximum atomic E-state index is 6.23. The van der Waals surface area contributed by atoms with Gasteiger partial charge in [0.2, 0.25) is 5.95 Å². The van der Waals surface area contributed by atoms with Crippen molar-refractivity contribution in [2.45, 2.75) is 44.3 Å². The molecule has 0 spiro atoms. The molecule has 2 fully saturated rings. The first-order chi connectivity index (χ1) is 17.2. The summed E-state index contributed by atoms with van der Waals surface area (Å²) in [5, 5.41) is 4.31. The van der Waals surface area contributed by atoms with Gasteiger partial charge in [-0.2, -0.15) is 4.98 Å². The summed E-state index contributed by atoms with van der Waals surface area (Å²) in [6.45, 7) is 5.61. The van der Waals surface area contributed by atoms with Gasteiger partial charge >= 0.3 is 0 Å². The number of rotatable bonds is 6. The Morgan fingerprint density at radius 1 is 1.00 bits per heavy atom. The maximum Gasteiger partial charge on any atom is 0.226 e. The minimum Gasteiger partial charge on any atom is -0.462 e. The Morgan fingerprint density at radius 2 is 1.86 bits per heavy atom. The summed E-state index contributed by atoms with van der Waals surface area (Å²) in [4.78, 5) is 19.9. The number of aromatic nitrogens is 3. The standard InChI is InChI=1S/C26H31N7OS/c27-23-22-25(35-24(29-22)21-9-5-15-34-21)31-26(30-23)28-19-10-13-33(14-11-19)20-8-4-12-32(17-20)16-18-6-2-1-3-7-18/h1-3,5-7,9,15,19-20H,4,8,10-14,16-17H2,(H3,27,28,30,31). The van der Waals surface area contributed by atoms with Gasteiger partial charge in [-0.15, -0.1) is 0 Å². The number of hydrogen-bond donors (Lipinski definition) is 2. The first-order valence-corrected chi connectivity index (χ1v) is 13.3. The molecule has 8 nitrogen and oxygen atoms in total. The van der Waals surface area contributed by atoms with Crippen LogP contribution in [-0.2, 0) is 6.54 Å². The lowest BCUT2D eigenvalue weighted by atomic mass is 9.98. The fraction of sp³-hybridized carbons (Fsp3) is 0.423. The predicted octanol–water partition coefficient (Wildman–Crippen LogP) is 4.47. The summed E-state index contributed by atoms with van der Waals surface area (Å²) >= 11 is 1.48. The van der Waals surface area contributed by atoms with Crippen molar-refractivity contribution >= 4 is 33.5 Å². The van der Waals surface area contributed by atoms with Crippen molar-refractivity contribution in [3.8, 4) is 10.8 Å². The highest BCUT2D eigenvalue weighted by molar-refractivity contribution is 7.21. The van der Waals surface area contributed by atoms with Crippen molar-refractivity contribution in [1.82, 2.24) is 24.8 Å². The van der Waals surface area contributed by atoms with E-state index >= 15 is 0 Å². The van der Waals surface area contributed by atoms with Gasteiger partial charge in [0.25, 0.3) is 0 Å². The van der Waals surface area contributed by atoms with Gasteiger partial charge in [-0.25, -0.2) is 9.97 Å². The Labute approximate surface area is 209 Å². The Kier molecular flexibility index (Phi) is 6.37. The molecule has 2 aliphatic heterocycles. The van der Waals surface area contributed by atoms with Crippen molar-refractivity contribution in [3.05, 3.63) is 54.3 Å². The molecule has 9 heteroatoms. The van der Waals surface area contributed by atoms with E-state index in [1.165, 1.54) is 36.3 Å². The number of likely N-dealkylation sites (tertiary alicyclic amines) is 2. The Morgan fingerprint density at radius 3 is 2.66 bits per heavy atom. The Bertz CT molecular complexity index is 1250. The van der Waals surface area contributed by atoms with Gasteiger partial charge in [0.15, 0.2) is 21.4 Å². The second-order valence-electron chi connectivity index (χ2n) is 9.55. The van der Waals surface area contributed by atoms with Crippen LogP contribution in [0.2, 0.25) is 0 Å². The Balaban J connectivity index is 1.05. The highest BCUT2D eigenvalue weighted by atomic mass is 32.1. The van der Waals surface area contributed by atoms with Crippen molar-refractivity contribution in [3.63, 3.8) is 0 Å². The molecule has 182 valence electrons. The van der Waals surface area contributed by atoms with Crippen molar-refractivity contribution < 1.29 is 4.42 Å². The van der Waals surface area contributed by atoms with Crippen LogP contribution in [0.3, 0.4) is 0 Å². The monoisotopic (exact) mass is 489 g/mol. The summed E-state index contributed by atoms with van der Waals surface area (Å²) in [6.07, 6.45) is 6.37. The molecule has 4 aromatic rings. The molecule has 0 aliphatic carbocycles. The smallest absolute Gasteiger partial charge is 0.226 e. The van der Waals surface area contributed by atoms with E-state index in [-0.39, 0.29) is 0 Å². The molecule has 0 radical (unpaired) electrons. The molecule has 1 atom stereocenters. The molecular weight excluding hydrogens is 458 g/mol. The van der Waals surface area contributed by atoms with Gasteiger partial charge in [0.1, 0.15) is 5.52 Å². The molecule has 0 amide bonds. The van der Waals surface area contributed by atoms with E-state index in [0.717, 1.165) is 54.6 Å². The number of benzene rings is 1. The minimum atomic E-state index is 0.351. The molecule has 1 unspecified atom stereocenters. The van der Waals surface area contributed by atoms with E-state index in [1.807, 2.05) is 12.1 Å². The highest BCUT2D eigenvalue weighted by Gasteiger charge is 2.29. The number of nitrogen functional groups attached to an aromatic ring is 1. The third-order valence-electron chi connectivity index (χ3n) is 7.13. The first-order valence-electron chi connectivity index (χ1n) is 12.5. The van der Waals surface area contributed by atoms with Crippen molar-refractivity contribution in [2.75, 3.05) is 37.2 Å². The van der Waals surface area contributed by atoms with E-state index in [1.54, 1.807) is 6.26 Å². The molecule has 3 aromatic heterocycles. The van der Waals surface area contributed by atoms with Crippen LogP contribution in [0, 0.1) is 0 Å². The normalized spacial score (nSPS) is 20.4. The Hall–Kier alpha value is -3.01. The van der Waals surface area contributed by atoms with Crippen LogP contribution >= 0.6 is 11.3 Å². The van der Waals surface area contributed by atoms with Crippen molar-refractivity contribution in [2.24, 2.45) is 0 Å². The third-order valence-corrected chi connectivity index (χ3v) is 8.09. The SMILES string of the molecule is Nc1nc(NC2CCN(C3CCCN(Cc4ccccc4)C3)CC2)nc2sc(-c3ccco3)nc12. The molecule has 35 heavy (non-hydrogen) atoms. The highest BCUT2D eigenvalue weighted by Crippen LogP contribution is 2.32. The summed E-state index contributed by atoms with van der Waals surface area (Å²) in [6, 6.07) is 15.6. The van der Waals surface area contributed by atoms with Gasteiger partial charge in [-0.1, -0.05) is 41.7 Å². The lowest BCUT2D eigenvalue weighted by Gasteiger charge is -2.42. The molecule has 5 heterocycles. The number of anilines is 2. The van der Waals surface area contributed by atoms with Crippen LogP contribution < -0.4 is 11.1 Å². The van der Waals surface area contributed by atoms with Crippen molar-refractivity contribution in [1.29, 1.82) is 0 Å². The number of furan rings is 1. The lowest BCUT2D eigenvalue weighted by molar-refractivity contribution is 0.0766. The number of hydrogen-bond acceptors (Lipinski definition) is 9. The number of piperidine rings is 2. The van der Waals surface area contributed by atoms with Crippen LogP contribution in [0.15, 0.2) is 53.1 Å². The fourth-order valence-electron chi connectivity index (χ4n) is 5.32. The second kappa shape index (κ2) is 9.93. The molecule has 0 bridgehead atoms. The first kappa shape index (κ1) is 22.5. The number of nitrogens with zero attached hydrogens (tertiary/aromatic N) is 5. The van der Waals surface area contributed by atoms with Gasteiger partial charge in [0, 0.05) is 38.3 Å². The molecule has 1 aromatic carbocycles. The molecule has 2 saturated heterocycles. The lowest BCUT2D eigenvalue weighted by Crippen LogP contribution is -2.51. The topological polar surface area (TPSA) is 96.3 Å². The number of nitrogens with two attached hydrogens (primary N) is 1. The largest absolute Gasteiger partial charge is 0.462 e. The molecule has 0 saturated carbocycles. The summed E-state index contributed by atoms with van der Waals surface area (Å²) in [5.41, 5.74) is 8.27. The van der Waals surface area contributed by atoms with Crippen LogP contribution in [0.1, 0.15) is 31.2 Å². The average Bonchev–Trinajstić information content (AvgIpc) is 3.56. The number of fused-ring (bicyclic) bond motifs is 1. The van der Waals surface area contributed by atoms with E-state index < -0.39 is 0 Å². The second-order valence-corrected chi connectivity index (χ2v) is 10.5. The van der Waals surface area contributed by atoms with Crippen LogP contribution in [0.25, 0.3) is 21.1 Å². The van der Waals surface area contributed by atoms with Gasteiger partial charge in [0.05, 0.1) is 6.26 Å². The van der Waals surface area contributed by atoms with Gasteiger partial charge in [-0.3, -0.25) is 9.80 Å². The van der Waals surface area contributed by atoms with Gasteiger partial charge < -0.3 is 15.5 Å². The average molecular weight is 490 g/mol.